The molecule has 16 heavy (non-hydrogen) atoms. The Morgan fingerprint density at radius 2 is 1.94 bits per heavy atom. The van der Waals surface area contributed by atoms with Crippen LogP contribution in [0.1, 0.15) is 26.4 Å². The summed E-state index contributed by atoms with van der Waals surface area (Å²) in [6, 6.07) is 3.23. The third-order valence-corrected chi connectivity index (χ3v) is 2.49. The van der Waals surface area contributed by atoms with E-state index in [0.717, 1.165) is 0 Å². The van der Waals surface area contributed by atoms with Gasteiger partial charge in [-0.1, -0.05) is 0 Å². The highest BCUT2D eigenvalue weighted by Crippen LogP contribution is 2.22. The van der Waals surface area contributed by atoms with Crippen LogP contribution in [0.4, 0.5) is 0 Å². The average Bonchev–Trinajstić information content (AvgIpc) is 2.61. The predicted octanol–water partition coefficient (Wildman–Crippen LogP) is 0.0691. The van der Waals surface area contributed by atoms with Crippen LogP contribution in [-0.2, 0) is 0 Å². The Labute approximate surface area is 90.6 Å². The highest BCUT2D eigenvalue weighted by Gasteiger charge is 2.16. The van der Waals surface area contributed by atoms with Crippen molar-refractivity contribution in [3.8, 4) is 0 Å². The molecule has 0 spiro atoms. The van der Waals surface area contributed by atoms with Crippen molar-refractivity contribution in [3.63, 3.8) is 0 Å². The van der Waals surface area contributed by atoms with Crippen molar-refractivity contribution in [2.75, 3.05) is 0 Å². The van der Waals surface area contributed by atoms with Gasteiger partial charge in [-0.2, -0.15) is 5.10 Å². The molecule has 6 heteroatoms. The van der Waals surface area contributed by atoms with Crippen LogP contribution in [0.25, 0.3) is 10.9 Å². The SMILES string of the molecule is Cc1c(C(N)=O)ccc2[nH]nc(C(N)=O)c12. The summed E-state index contributed by atoms with van der Waals surface area (Å²) in [5.74, 6) is -1.19. The van der Waals surface area contributed by atoms with Crippen molar-refractivity contribution in [1.29, 1.82) is 0 Å². The Morgan fingerprint density at radius 1 is 1.25 bits per heavy atom. The highest BCUT2D eigenvalue weighted by molar-refractivity contribution is 6.08. The number of H-pyrrole nitrogens is 1. The minimum atomic E-state index is -0.643. The molecule has 0 aliphatic carbocycles. The summed E-state index contributed by atoms with van der Waals surface area (Å²) < 4.78 is 0. The second-order valence-electron chi connectivity index (χ2n) is 3.46. The van der Waals surface area contributed by atoms with Crippen molar-refractivity contribution < 1.29 is 9.59 Å². The summed E-state index contributed by atoms with van der Waals surface area (Å²) in [6.07, 6.45) is 0. The molecule has 0 radical (unpaired) electrons. The minimum Gasteiger partial charge on any atom is -0.366 e. The zero-order chi connectivity index (χ0) is 11.9. The first kappa shape index (κ1) is 10.2. The van der Waals surface area contributed by atoms with Crippen molar-refractivity contribution >= 4 is 22.7 Å². The van der Waals surface area contributed by atoms with Gasteiger partial charge in [-0.3, -0.25) is 14.7 Å². The first-order valence-electron chi connectivity index (χ1n) is 4.59. The zero-order valence-electron chi connectivity index (χ0n) is 8.57. The van der Waals surface area contributed by atoms with Crippen molar-refractivity contribution in [1.82, 2.24) is 10.2 Å². The second kappa shape index (κ2) is 3.34. The van der Waals surface area contributed by atoms with E-state index >= 15 is 0 Å². The van der Waals surface area contributed by atoms with Gasteiger partial charge in [0.05, 0.1) is 5.52 Å². The molecule has 0 aliphatic heterocycles. The molecule has 1 aromatic carbocycles. The van der Waals surface area contributed by atoms with Crippen LogP contribution in [0.3, 0.4) is 0 Å². The molecular formula is C10H10N4O2. The third kappa shape index (κ3) is 1.31. The normalized spacial score (nSPS) is 10.6. The number of nitrogens with one attached hydrogen (secondary N) is 1. The number of rotatable bonds is 2. The van der Waals surface area contributed by atoms with Gasteiger partial charge in [0.25, 0.3) is 5.91 Å². The van der Waals surface area contributed by atoms with Gasteiger partial charge < -0.3 is 11.5 Å². The summed E-state index contributed by atoms with van der Waals surface area (Å²) in [5, 5.41) is 7.02. The Kier molecular flexibility index (Phi) is 2.12. The summed E-state index contributed by atoms with van der Waals surface area (Å²) in [7, 11) is 0. The van der Waals surface area contributed by atoms with Gasteiger partial charge in [0, 0.05) is 10.9 Å². The molecule has 82 valence electrons. The number of benzene rings is 1. The number of carbonyl (C=O) groups excluding carboxylic acids is 2. The zero-order valence-corrected chi connectivity index (χ0v) is 8.57. The Balaban J connectivity index is 2.85. The number of amides is 2. The number of hydrogen-bond acceptors (Lipinski definition) is 3. The number of primary amides is 2. The first-order chi connectivity index (χ1) is 7.52. The molecule has 0 aliphatic rings. The number of nitrogens with zero attached hydrogens (tertiary/aromatic N) is 1. The topological polar surface area (TPSA) is 115 Å². The van der Waals surface area contributed by atoms with E-state index in [2.05, 4.69) is 10.2 Å². The lowest BCUT2D eigenvalue weighted by atomic mass is 10.0. The fourth-order valence-corrected chi connectivity index (χ4v) is 1.73. The highest BCUT2D eigenvalue weighted by atomic mass is 16.1. The molecule has 6 nitrogen and oxygen atoms in total. The van der Waals surface area contributed by atoms with E-state index in [-0.39, 0.29) is 5.69 Å². The maximum atomic E-state index is 11.1. The Hall–Kier alpha value is -2.37. The lowest BCUT2D eigenvalue weighted by Gasteiger charge is -2.03. The van der Waals surface area contributed by atoms with Gasteiger partial charge in [0.15, 0.2) is 5.69 Å². The van der Waals surface area contributed by atoms with Crippen LogP contribution in [-0.4, -0.2) is 22.0 Å². The van der Waals surface area contributed by atoms with Crippen LogP contribution < -0.4 is 11.5 Å². The number of aromatic nitrogens is 2. The molecule has 2 aromatic rings. The smallest absolute Gasteiger partial charge is 0.269 e. The number of aromatic amines is 1. The van der Waals surface area contributed by atoms with Crippen LogP contribution in [0.15, 0.2) is 12.1 Å². The third-order valence-electron chi connectivity index (χ3n) is 2.49. The molecule has 2 amide bonds. The van der Waals surface area contributed by atoms with Crippen LogP contribution in [0.5, 0.6) is 0 Å². The van der Waals surface area contributed by atoms with Crippen molar-refractivity contribution in [2.24, 2.45) is 11.5 Å². The largest absolute Gasteiger partial charge is 0.366 e. The number of fused-ring (bicyclic) bond motifs is 1. The van der Waals surface area contributed by atoms with Crippen LogP contribution >= 0.6 is 0 Å². The number of aryl methyl sites for hydroxylation is 1. The monoisotopic (exact) mass is 218 g/mol. The minimum absolute atomic E-state index is 0.121. The lowest BCUT2D eigenvalue weighted by Crippen LogP contribution is -2.14. The van der Waals surface area contributed by atoms with Crippen molar-refractivity contribution in [3.05, 3.63) is 29.0 Å². The Bertz CT molecular complexity index is 600. The standard InChI is InChI=1S/C10H10N4O2/c1-4-5(9(11)15)2-3-6-7(4)8(10(12)16)14-13-6/h2-3H,1H3,(H2,11,15)(H2,12,16)(H,13,14). The van der Waals surface area contributed by atoms with Crippen molar-refractivity contribution in [2.45, 2.75) is 6.92 Å². The van der Waals surface area contributed by atoms with Crippen LogP contribution in [0.2, 0.25) is 0 Å². The van der Waals surface area contributed by atoms with E-state index < -0.39 is 11.8 Å². The summed E-state index contributed by atoms with van der Waals surface area (Å²) in [4.78, 5) is 22.3. The lowest BCUT2D eigenvalue weighted by molar-refractivity contribution is 0.0988. The molecule has 0 bridgehead atoms. The fourth-order valence-electron chi connectivity index (χ4n) is 1.73. The fraction of sp³-hybridized carbons (Fsp3) is 0.100. The van der Waals surface area contributed by atoms with Crippen LogP contribution in [0, 0.1) is 6.92 Å². The molecule has 1 aromatic heterocycles. The number of carbonyl (C=O) groups is 2. The van der Waals surface area contributed by atoms with E-state index in [1.807, 2.05) is 0 Å². The summed E-state index contributed by atoms with van der Waals surface area (Å²) >= 11 is 0. The molecule has 0 saturated heterocycles. The van der Waals surface area contributed by atoms with Gasteiger partial charge in [0.2, 0.25) is 5.91 Å². The summed E-state index contributed by atoms with van der Waals surface area (Å²) in [6.45, 7) is 1.70. The first-order valence-corrected chi connectivity index (χ1v) is 4.59. The van der Waals surface area contributed by atoms with E-state index in [0.29, 0.717) is 22.0 Å². The summed E-state index contributed by atoms with van der Waals surface area (Å²) in [5.41, 5.74) is 12.1. The van der Waals surface area contributed by atoms with E-state index in [1.54, 1.807) is 19.1 Å². The molecular weight excluding hydrogens is 208 g/mol. The molecule has 2 rings (SSSR count). The van der Waals surface area contributed by atoms with Gasteiger partial charge in [-0.15, -0.1) is 0 Å². The number of hydrogen-bond donors (Lipinski definition) is 3. The predicted molar refractivity (Wildman–Crippen MR) is 57.9 cm³/mol. The van der Waals surface area contributed by atoms with Gasteiger partial charge >= 0.3 is 0 Å². The molecule has 5 N–H and O–H groups in total. The molecule has 0 saturated carbocycles. The molecule has 0 atom stereocenters. The van der Waals surface area contributed by atoms with E-state index in [1.165, 1.54) is 0 Å². The van der Waals surface area contributed by atoms with Gasteiger partial charge in [-0.25, -0.2) is 0 Å². The Morgan fingerprint density at radius 3 is 2.50 bits per heavy atom. The van der Waals surface area contributed by atoms with E-state index in [9.17, 15) is 9.59 Å². The van der Waals surface area contributed by atoms with Gasteiger partial charge in [0.1, 0.15) is 0 Å². The maximum Gasteiger partial charge on any atom is 0.269 e. The average molecular weight is 218 g/mol. The quantitative estimate of drug-likeness (QED) is 0.662. The van der Waals surface area contributed by atoms with E-state index in [4.69, 9.17) is 11.5 Å². The van der Waals surface area contributed by atoms with Gasteiger partial charge in [-0.05, 0) is 24.6 Å². The number of nitrogens with two attached hydrogens (primary N) is 2. The molecule has 0 fully saturated rings. The molecule has 1 heterocycles. The second-order valence-corrected chi connectivity index (χ2v) is 3.46. The molecule has 0 unspecified atom stereocenters. The maximum absolute atomic E-state index is 11.1.